The average molecular weight is 212 g/mol. The Labute approximate surface area is 87.2 Å². The summed E-state index contributed by atoms with van der Waals surface area (Å²) in [5.74, 6) is 0. The van der Waals surface area contributed by atoms with E-state index in [2.05, 4.69) is 6.58 Å². The highest BCUT2D eigenvalue weighted by atomic mass is 35.5. The number of halogens is 1. The number of carboxylic acid groups (broad SMARTS) is 1. The molecule has 0 radical (unpaired) electrons. The van der Waals surface area contributed by atoms with Crippen LogP contribution in [-0.4, -0.2) is 18.2 Å². The molecular weight excluding hydrogens is 202 g/mol. The molecule has 0 aliphatic heterocycles. The second-order valence-electron chi connectivity index (χ2n) is 2.75. The van der Waals surface area contributed by atoms with Gasteiger partial charge in [0, 0.05) is 12.1 Å². The summed E-state index contributed by atoms with van der Waals surface area (Å²) in [7, 11) is 1.47. The predicted molar refractivity (Wildman–Crippen MR) is 58.0 cm³/mol. The van der Waals surface area contributed by atoms with E-state index < -0.39 is 6.09 Å². The van der Waals surface area contributed by atoms with Crippen molar-refractivity contribution < 1.29 is 9.90 Å². The molecule has 4 heteroatoms. The molecule has 0 aliphatic rings. The molecule has 0 atom stereocenters. The van der Waals surface area contributed by atoms with Crippen LogP contribution in [0.1, 0.15) is 5.56 Å². The van der Waals surface area contributed by atoms with Crippen molar-refractivity contribution >= 4 is 29.5 Å². The molecule has 0 saturated carbocycles. The van der Waals surface area contributed by atoms with Crippen molar-refractivity contribution in [3.05, 3.63) is 35.4 Å². The van der Waals surface area contributed by atoms with Crippen LogP contribution >= 0.6 is 11.6 Å². The van der Waals surface area contributed by atoms with Gasteiger partial charge in [0.25, 0.3) is 0 Å². The monoisotopic (exact) mass is 211 g/mol. The molecule has 0 saturated heterocycles. The van der Waals surface area contributed by atoms with Crippen LogP contribution in [0, 0.1) is 0 Å². The summed E-state index contributed by atoms with van der Waals surface area (Å²) in [4.78, 5) is 11.8. The van der Waals surface area contributed by atoms with Gasteiger partial charge in [0.2, 0.25) is 0 Å². The predicted octanol–water partition coefficient (Wildman–Crippen LogP) is 3.10. The highest BCUT2D eigenvalue weighted by molar-refractivity contribution is 6.30. The third kappa shape index (κ3) is 2.06. The summed E-state index contributed by atoms with van der Waals surface area (Å²) in [6.45, 7) is 3.60. The average Bonchev–Trinajstić information content (AvgIpc) is 2.16. The van der Waals surface area contributed by atoms with Crippen molar-refractivity contribution in [1.29, 1.82) is 0 Å². The Morgan fingerprint density at radius 1 is 1.64 bits per heavy atom. The number of hydrogen-bond acceptors (Lipinski definition) is 1. The van der Waals surface area contributed by atoms with Crippen LogP contribution in [0.5, 0.6) is 0 Å². The fourth-order valence-corrected chi connectivity index (χ4v) is 1.28. The van der Waals surface area contributed by atoms with Crippen LogP contribution in [-0.2, 0) is 0 Å². The number of benzene rings is 1. The van der Waals surface area contributed by atoms with Gasteiger partial charge < -0.3 is 5.11 Å². The quantitative estimate of drug-likeness (QED) is 0.817. The lowest BCUT2D eigenvalue weighted by molar-refractivity contribution is 0.203. The molecule has 1 N–H and O–H groups in total. The van der Waals surface area contributed by atoms with E-state index in [1.165, 1.54) is 7.05 Å². The Balaban J connectivity index is 3.20. The second-order valence-corrected chi connectivity index (χ2v) is 3.19. The van der Waals surface area contributed by atoms with Crippen LogP contribution in [0.2, 0.25) is 5.02 Å². The van der Waals surface area contributed by atoms with Crippen molar-refractivity contribution in [2.75, 3.05) is 11.9 Å². The molecule has 0 heterocycles. The molecule has 0 fully saturated rings. The fraction of sp³-hybridized carbons (Fsp3) is 0.100. The van der Waals surface area contributed by atoms with Crippen molar-refractivity contribution in [2.24, 2.45) is 0 Å². The number of carbonyl (C=O) groups is 1. The molecular formula is C10H10ClNO2. The minimum absolute atomic E-state index is 0.558. The van der Waals surface area contributed by atoms with E-state index in [9.17, 15) is 4.79 Å². The summed E-state index contributed by atoms with van der Waals surface area (Å²) in [5, 5.41) is 9.34. The van der Waals surface area contributed by atoms with Crippen LogP contribution < -0.4 is 4.90 Å². The molecule has 1 aromatic rings. The van der Waals surface area contributed by atoms with Gasteiger partial charge in [-0.2, -0.15) is 0 Å². The number of rotatable bonds is 2. The van der Waals surface area contributed by atoms with Crippen LogP contribution in [0.15, 0.2) is 24.8 Å². The highest BCUT2D eigenvalue weighted by Crippen LogP contribution is 2.24. The van der Waals surface area contributed by atoms with E-state index in [0.717, 1.165) is 4.90 Å². The molecule has 14 heavy (non-hydrogen) atoms. The first-order valence-electron chi connectivity index (χ1n) is 3.95. The first-order chi connectivity index (χ1) is 6.56. The first-order valence-corrected chi connectivity index (χ1v) is 4.32. The lowest BCUT2D eigenvalue weighted by Crippen LogP contribution is -2.24. The summed E-state index contributed by atoms with van der Waals surface area (Å²) in [6, 6.07) is 4.96. The van der Waals surface area contributed by atoms with Crippen molar-refractivity contribution in [3.63, 3.8) is 0 Å². The third-order valence-corrected chi connectivity index (χ3v) is 2.09. The van der Waals surface area contributed by atoms with Gasteiger partial charge in [-0.05, 0) is 23.8 Å². The molecule has 1 rings (SSSR count). The molecule has 3 nitrogen and oxygen atoms in total. The van der Waals surface area contributed by atoms with Gasteiger partial charge in [0.05, 0.1) is 5.69 Å². The topological polar surface area (TPSA) is 40.5 Å². The Morgan fingerprint density at radius 3 is 2.79 bits per heavy atom. The standard InChI is InChI=1S/C10H10ClNO2/c1-3-7-6-8(11)4-5-9(7)12(2)10(13)14/h3-6H,1H2,2H3,(H,13,14). The fourth-order valence-electron chi connectivity index (χ4n) is 1.10. The molecule has 0 aliphatic carbocycles. The molecule has 0 unspecified atom stereocenters. The van der Waals surface area contributed by atoms with Gasteiger partial charge in [-0.15, -0.1) is 0 Å². The number of amides is 1. The normalized spacial score (nSPS) is 9.57. The van der Waals surface area contributed by atoms with E-state index in [4.69, 9.17) is 16.7 Å². The van der Waals surface area contributed by atoms with Crippen LogP contribution in [0.4, 0.5) is 10.5 Å². The van der Waals surface area contributed by atoms with Gasteiger partial charge in [0.15, 0.2) is 0 Å². The molecule has 0 bridgehead atoms. The molecule has 1 amide bonds. The number of nitrogens with zero attached hydrogens (tertiary/aromatic N) is 1. The van der Waals surface area contributed by atoms with Gasteiger partial charge in [-0.3, -0.25) is 4.90 Å². The minimum atomic E-state index is -1.02. The lowest BCUT2D eigenvalue weighted by Gasteiger charge is -2.15. The van der Waals surface area contributed by atoms with E-state index in [0.29, 0.717) is 16.3 Å². The third-order valence-electron chi connectivity index (χ3n) is 1.86. The van der Waals surface area contributed by atoms with E-state index >= 15 is 0 Å². The highest BCUT2D eigenvalue weighted by Gasteiger charge is 2.11. The number of anilines is 1. The summed E-state index contributed by atoms with van der Waals surface area (Å²) < 4.78 is 0. The smallest absolute Gasteiger partial charge is 0.411 e. The lowest BCUT2D eigenvalue weighted by atomic mass is 10.1. The van der Waals surface area contributed by atoms with Gasteiger partial charge >= 0.3 is 6.09 Å². The molecule has 0 spiro atoms. The van der Waals surface area contributed by atoms with E-state index in [-0.39, 0.29) is 0 Å². The van der Waals surface area contributed by atoms with Crippen molar-refractivity contribution in [3.8, 4) is 0 Å². The van der Waals surface area contributed by atoms with Gasteiger partial charge in [-0.25, -0.2) is 4.79 Å². The summed E-state index contributed by atoms with van der Waals surface area (Å²) >= 11 is 5.77. The maximum atomic E-state index is 10.7. The SMILES string of the molecule is C=Cc1cc(Cl)ccc1N(C)C(=O)O. The maximum Gasteiger partial charge on any atom is 0.411 e. The Bertz CT molecular complexity index is 376. The Morgan fingerprint density at radius 2 is 2.29 bits per heavy atom. The van der Waals surface area contributed by atoms with E-state index in [1.807, 2.05) is 0 Å². The van der Waals surface area contributed by atoms with E-state index in [1.54, 1.807) is 24.3 Å². The van der Waals surface area contributed by atoms with Crippen LogP contribution in [0.3, 0.4) is 0 Å². The summed E-state index contributed by atoms with van der Waals surface area (Å²) in [6.07, 6.45) is 0.552. The van der Waals surface area contributed by atoms with Crippen molar-refractivity contribution in [1.82, 2.24) is 0 Å². The zero-order valence-corrected chi connectivity index (χ0v) is 8.45. The maximum absolute atomic E-state index is 10.7. The van der Waals surface area contributed by atoms with Gasteiger partial charge in [0.1, 0.15) is 0 Å². The molecule has 74 valence electrons. The first kappa shape index (κ1) is 10.6. The van der Waals surface area contributed by atoms with Crippen LogP contribution in [0.25, 0.3) is 6.08 Å². The zero-order chi connectivity index (χ0) is 10.7. The largest absolute Gasteiger partial charge is 0.465 e. The minimum Gasteiger partial charge on any atom is -0.465 e. The Hall–Kier alpha value is -1.48. The zero-order valence-electron chi connectivity index (χ0n) is 7.70. The molecule has 1 aromatic carbocycles. The molecule has 0 aromatic heterocycles. The number of hydrogen-bond donors (Lipinski definition) is 1. The van der Waals surface area contributed by atoms with Gasteiger partial charge in [-0.1, -0.05) is 24.3 Å². The second kappa shape index (κ2) is 4.15. The summed E-state index contributed by atoms with van der Waals surface area (Å²) in [5.41, 5.74) is 1.26. The Kier molecular flexibility index (Phi) is 3.14. The van der Waals surface area contributed by atoms with Crippen molar-refractivity contribution in [2.45, 2.75) is 0 Å².